The number of benzene rings is 1. The zero-order valence-corrected chi connectivity index (χ0v) is 14.3. The third kappa shape index (κ3) is 2.00. The van der Waals surface area contributed by atoms with Gasteiger partial charge < -0.3 is 4.57 Å². The molecule has 5 heteroatoms. The summed E-state index contributed by atoms with van der Waals surface area (Å²) in [5, 5.41) is 6.44. The number of imide groups is 1. The SMILES string of the molecule is C=CCn1cc(/C=N\N2C(=O)[C@@H]3[C@@H](C2=O)[C@H]2C=C[C@@H]3C2)c2ccccc21. The largest absolute Gasteiger partial charge is 0.343 e. The topological polar surface area (TPSA) is 54.7 Å². The van der Waals surface area contributed by atoms with Crippen LogP contribution in [0, 0.1) is 23.7 Å². The Morgan fingerprint density at radius 2 is 1.81 bits per heavy atom. The lowest BCUT2D eigenvalue weighted by Gasteiger charge is -2.13. The van der Waals surface area contributed by atoms with Gasteiger partial charge in [-0.3, -0.25) is 9.59 Å². The van der Waals surface area contributed by atoms with Crippen molar-refractivity contribution in [3.63, 3.8) is 0 Å². The van der Waals surface area contributed by atoms with Crippen LogP contribution in [0.4, 0.5) is 0 Å². The quantitative estimate of drug-likeness (QED) is 0.486. The number of hydrogen-bond donors (Lipinski definition) is 0. The standard InChI is InChI=1S/C21H19N3O2/c1-2-9-23-12-15(16-5-3-4-6-17(16)23)11-22-24-20(25)18-13-7-8-14(10-13)19(18)21(24)26/h2-8,11-14,18-19H,1,9-10H2/b22-11-/t13-,14+,18-,19-/m0/s1. The van der Waals surface area contributed by atoms with Crippen LogP contribution >= 0.6 is 0 Å². The molecule has 2 heterocycles. The van der Waals surface area contributed by atoms with Gasteiger partial charge in [0.25, 0.3) is 11.8 Å². The van der Waals surface area contributed by atoms with Crippen LogP contribution in [-0.4, -0.2) is 27.6 Å². The number of carbonyl (C=O) groups is 2. The van der Waals surface area contributed by atoms with Gasteiger partial charge in [-0.05, 0) is 24.3 Å². The van der Waals surface area contributed by atoms with Gasteiger partial charge >= 0.3 is 0 Å². The van der Waals surface area contributed by atoms with E-state index in [4.69, 9.17) is 0 Å². The van der Waals surface area contributed by atoms with Gasteiger partial charge in [0, 0.05) is 29.2 Å². The van der Waals surface area contributed by atoms with Crippen LogP contribution in [0.5, 0.6) is 0 Å². The van der Waals surface area contributed by atoms with E-state index >= 15 is 0 Å². The Hall–Kier alpha value is -2.95. The minimum Gasteiger partial charge on any atom is -0.343 e. The van der Waals surface area contributed by atoms with E-state index in [-0.39, 0.29) is 35.5 Å². The number of carbonyl (C=O) groups excluding carboxylic acids is 2. The Labute approximate surface area is 151 Å². The first-order chi connectivity index (χ1) is 12.7. The van der Waals surface area contributed by atoms with Crippen molar-refractivity contribution in [2.75, 3.05) is 0 Å². The van der Waals surface area contributed by atoms with Crippen LogP contribution in [0.15, 0.2) is 60.4 Å². The molecule has 4 atom stereocenters. The number of para-hydroxylation sites is 1. The molecule has 2 aromatic rings. The van der Waals surface area contributed by atoms with Crippen molar-refractivity contribution in [2.45, 2.75) is 13.0 Å². The van der Waals surface area contributed by atoms with Gasteiger partial charge in [-0.15, -0.1) is 6.58 Å². The Kier molecular flexibility index (Phi) is 3.26. The molecule has 26 heavy (non-hydrogen) atoms. The van der Waals surface area contributed by atoms with Crippen LogP contribution < -0.4 is 0 Å². The summed E-state index contributed by atoms with van der Waals surface area (Å²) in [7, 11) is 0. The number of nitrogens with zero attached hydrogens (tertiary/aromatic N) is 3. The normalized spacial score (nSPS) is 29.5. The first-order valence-electron chi connectivity index (χ1n) is 8.98. The molecule has 1 aromatic heterocycles. The molecule has 2 amide bonds. The summed E-state index contributed by atoms with van der Waals surface area (Å²) >= 11 is 0. The number of aromatic nitrogens is 1. The summed E-state index contributed by atoms with van der Waals surface area (Å²) < 4.78 is 2.08. The molecule has 0 unspecified atom stereocenters. The van der Waals surface area contributed by atoms with Gasteiger partial charge in [0.2, 0.25) is 0 Å². The average Bonchev–Trinajstić information content (AvgIpc) is 3.39. The third-order valence-electron chi connectivity index (χ3n) is 5.90. The Balaban J connectivity index is 1.48. The fraction of sp³-hybridized carbons (Fsp3) is 0.286. The Morgan fingerprint density at radius 1 is 1.12 bits per heavy atom. The van der Waals surface area contributed by atoms with Gasteiger partial charge in [0.05, 0.1) is 18.1 Å². The predicted octanol–water partition coefficient (Wildman–Crippen LogP) is 2.97. The minimum atomic E-state index is -0.211. The fourth-order valence-corrected chi connectivity index (χ4v) is 4.79. The van der Waals surface area contributed by atoms with E-state index in [1.165, 1.54) is 0 Å². The maximum Gasteiger partial charge on any atom is 0.254 e. The van der Waals surface area contributed by atoms with E-state index in [1.54, 1.807) is 6.21 Å². The average molecular weight is 345 g/mol. The van der Waals surface area contributed by atoms with E-state index in [1.807, 2.05) is 36.5 Å². The highest BCUT2D eigenvalue weighted by molar-refractivity contribution is 6.07. The molecule has 1 saturated heterocycles. The van der Waals surface area contributed by atoms with E-state index in [0.29, 0.717) is 6.54 Å². The molecule has 5 nitrogen and oxygen atoms in total. The molecule has 2 fully saturated rings. The van der Waals surface area contributed by atoms with Gasteiger partial charge in [0.1, 0.15) is 0 Å². The molecule has 5 rings (SSSR count). The molecule has 2 aliphatic carbocycles. The van der Waals surface area contributed by atoms with Crippen molar-refractivity contribution >= 4 is 28.9 Å². The van der Waals surface area contributed by atoms with Crippen LogP contribution in [0.25, 0.3) is 10.9 Å². The summed E-state index contributed by atoms with van der Waals surface area (Å²) in [5.41, 5.74) is 1.97. The monoisotopic (exact) mass is 345 g/mol. The van der Waals surface area contributed by atoms with Crippen molar-refractivity contribution in [3.8, 4) is 0 Å². The highest BCUT2D eigenvalue weighted by Gasteiger charge is 2.59. The molecule has 1 saturated carbocycles. The molecule has 2 bridgehead atoms. The molecular formula is C21H19N3O2. The van der Waals surface area contributed by atoms with Gasteiger partial charge in [-0.2, -0.15) is 10.1 Å². The lowest BCUT2D eigenvalue weighted by atomic mass is 9.85. The predicted molar refractivity (Wildman–Crippen MR) is 99.3 cm³/mol. The summed E-state index contributed by atoms with van der Waals surface area (Å²) in [6, 6.07) is 8.01. The molecule has 3 aliphatic rings. The number of hydrogen-bond acceptors (Lipinski definition) is 3. The lowest BCUT2D eigenvalue weighted by molar-refractivity contribution is -0.140. The number of amides is 2. The number of hydrazone groups is 1. The highest BCUT2D eigenvalue weighted by atomic mass is 16.2. The van der Waals surface area contributed by atoms with E-state index in [0.717, 1.165) is 27.9 Å². The van der Waals surface area contributed by atoms with Crippen LogP contribution in [0.1, 0.15) is 12.0 Å². The Morgan fingerprint density at radius 3 is 2.50 bits per heavy atom. The zero-order valence-electron chi connectivity index (χ0n) is 14.3. The minimum absolute atomic E-state index is 0.150. The van der Waals surface area contributed by atoms with Gasteiger partial charge in [-0.25, -0.2) is 0 Å². The molecule has 0 radical (unpaired) electrons. The molecule has 1 aromatic carbocycles. The molecule has 130 valence electrons. The van der Waals surface area contributed by atoms with Crippen molar-refractivity contribution in [1.29, 1.82) is 0 Å². The van der Waals surface area contributed by atoms with Gasteiger partial charge in [0.15, 0.2) is 0 Å². The summed E-state index contributed by atoms with van der Waals surface area (Å²) in [6.45, 7) is 4.49. The molecule has 1 aliphatic heterocycles. The number of allylic oxidation sites excluding steroid dienone is 3. The van der Waals surface area contributed by atoms with Gasteiger partial charge in [-0.1, -0.05) is 36.4 Å². The maximum atomic E-state index is 12.7. The molecule has 0 spiro atoms. The van der Waals surface area contributed by atoms with E-state index < -0.39 is 0 Å². The lowest BCUT2D eigenvalue weighted by Crippen LogP contribution is -2.28. The van der Waals surface area contributed by atoms with Crippen molar-refractivity contribution in [1.82, 2.24) is 9.58 Å². The van der Waals surface area contributed by atoms with Crippen molar-refractivity contribution in [3.05, 3.63) is 60.8 Å². The third-order valence-corrected chi connectivity index (χ3v) is 5.90. The van der Waals surface area contributed by atoms with Crippen LogP contribution in [0.3, 0.4) is 0 Å². The highest BCUT2D eigenvalue weighted by Crippen LogP contribution is 2.52. The summed E-state index contributed by atoms with van der Waals surface area (Å²) in [4.78, 5) is 25.4. The van der Waals surface area contributed by atoms with Crippen molar-refractivity contribution < 1.29 is 9.59 Å². The number of fused-ring (bicyclic) bond motifs is 6. The smallest absolute Gasteiger partial charge is 0.254 e. The second kappa shape index (κ2) is 5.53. The maximum absolute atomic E-state index is 12.7. The van der Waals surface area contributed by atoms with E-state index in [2.05, 4.69) is 28.4 Å². The summed E-state index contributed by atoms with van der Waals surface area (Å²) in [5.74, 6) is -0.313. The number of rotatable bonds is 4. The Bertz CT molecular complexity index is 970. The molecular weight excluding hydrogens is 326 g/mol. The van der Waals surface area contributed by atoms with E-state index in [9.17, 15) is 9.59 Å². The second-order valence-electron chi connectivity index (χ2n) is 7.28. The zero-order chi connectivity index (χ0) is 17.8. The van der Waals surface area contributed by atoms with Crippen LogP contribution in [-0.2, 0) is 16.1 Å². The molecule has 0 N–H and O–H groups in total. The first-order valence-corrected chi connectivity index (χ1v) is 8.98. The first kappa shape index (κ1) is 15.3. The fourth-order valence-electron chi connectivity index (χ4n) is 4.79. The van der Waals surface area contributed by atoms with Crippen molar-refractivity contribution in [2.24, 2.45) is 28.8 Å². The summed E-state index contributed by atoms with van der Waals surface area (Å²) in [6.07, 6.45) is 10.6. The van der Waals surface area contributed by atoms with Crippen LogP contribution in [0.2, 0.25) is 0 Å². The second-order valence-corrected chi connectivity index (χ2v) is 7.28.